The van der Waals surface area contributed by atoms with Crippen LogP contribution in [-0.2, 0) is 9.59 Å². The molecule has 0 aliphatic carbocycles. The Bertz CT molecular complexity index is 215. The lowest BCUT2D eigenvalue weighted by Gasteiger charge is -2.13. The van der Waals surface area contributed by atoms with E-state index < -0.39 is 23.3 Å². The van der Waals surface area contributed by atoms with E-state index in [1.807, 2.05) is 0 Å². The van der Waals surface area contributed by atoms with Crippen molar-refractivity contribution in [1.82, 2.24) is 0 Å². The number of carboxylic acid groups (broad SMARTS) is 2. The molecule has 0 aromatic heterocycles. The highest BCUT2D eigenvalue weighted by Gasteiger charge is 2.31. The first kappa shape index (κ1) is 12.0. The summed E-state index contributed by atoms with van der Waals surface area (Å²) in [6.45, 7) is 3.35. The lowest BCUT2D eigenvalue weighted by molar-refractivity contribution is -0.152. The second-order valence-corrected chi connectivity index (χ2v) is 3.34. The van der Waals surface area contributed by atoms with Crippen molar-refractivity contribution in [3.63, 3.8) is 0 Å². The lowest BCUT2D eigenvalue weighted by atomic mass is 10.2. The third-order valence-corrected chi connectivity index (χ3v) is 2.42. The number of carboxylic acids is 2. The Labute approximate surface area is 79.1 Å². The molecule has 0 amide bonds. The number of aliphatic carboxylic acids is 2. The van der Waals surface area contributed by atoms with E-state index in [-0.39, 0.29) is 5.75 Å². The molecule has 2 atom stereocenters. The molecule has 6 heteroatoms. The number of aliphatic hydroxyl groups excluding tert-OH is 1. The monoisotopic (exact) mass is 206 g/mol. The minimum atomic E-state index is -1.89. The molecule has 3 N–H and O–H groups in total. The third kappa shape index (κ3) is 3.95. The maximum absolute atomic E-state index is 10.5. The average Bonchev–Trinajstić information content (AvgIpc) is 2.04. The summed E-state index contributed by atoms with van der Waals surface area (Å²) in [6, 6.07) is 0. The van der Waals surface area contributed by atoms with Gasteiger partial charge in [-0.05, 0) is 0 Å². The quantitative estimate of drug-likeness (QED) is 0.521. The Balaban J connectivity index is 4.31. The van der Waals surface area contributed by atoms with Gasteiger partial charge >= 0.3 is 11.9 Å². The summed E-state index contributed by atoms with van der Waals surface area (Å²) in [4.78, 5) is 20.7. The van der Waals surface area contributed by atoms with Gasteiger partial charge in [0.1, 0.15) is 5.25 Å². The molecule has 0 radical (unpaired) electrons. The van der Waals surface area contributed by atoms with E-state index in [0.29, 0.717) is 0 Å². The van der Waals surface area contributed by atoms with Crippen molar-refractivity contribution in [3.05, 3.63) is 12.7 Å². The van der Waals surface area contributed by atoms with E-state index in [0.717, 1.165) is 11.8 Å². The van der Waals surface area contributed by atoms with Crippen molar-refractivity contribution in [3.8, 4) is 0 Å². The smallest absolute Gasteiger partial charge is 0.334 e. The van der Waals surface area contributed by atoms with E-state index >= 15 is 0 Å². The lowest BCUT2D eigenvalue weighted by Crippen LogP contribution is -2.37. The maximum atomic E-state index is 10.5. The highest BCUT2D eigenvalue weighted by atomic mass is 32.2. The maximum Gasteiger partial charge on any atom is 0.334 e. The number of thioether (sulfide) groups is 1. The summed E-state index contributed by atoms with van der Waals surface area (Å²) in [5, 5.41) is 24.5. The topological polar surface area (TPSA) is 94.8 Å². The molecule has 0 aromatic carbocycles. The fourth-order valence-corrected chi connectivity index (χ4v) is 1.38. The van der Waals surface area contributed by atoms with Crippen LogP contribution in [0.3, 0.4) is 0 Å². The Morgan fingerprint density at radius 2 is 1.92 bits per heavy atom. The van der Waals surface area contributed by atoms with Gasteiger partial charge in [0.25, 0.3) is 0 Å². The van der Waals surface area contributed by atoms with Crippen LogP contribution >= 0.6 is 11.8 Å². The zero-order valence-corrected chi connectivity index (χ0v) is 7.53. The van der Waals surface area contributed by atoms with Crippen LogP contribution in [0.25, 0.3) is 0 Å². The highest BCUT2D eigenvalue weighted by molar-refractivity contribution is 8.00. The molecule has 0 rings (SSSR count). The first-order valence-electron chi connectivity index (χ1n) is 3.37. The molecule has 0 saturated carbocycles. The molecule has 0 aromatic rings. The highest BCUT2D eigenvalue weighted by Crippen LogP contribution is 2.15. The molecule has 2 unspecified atom stereocenters. The van der Waals surface area contributed by atoms with Crippen molar-refractivity contribution >= 4 is 23.7 Å². The van der Waals surface area contributed by atoms with Crippen LogP contribution in [0.5, 0.6) is 0 Å². The van der Waals surface area contributed by atoms with E-state index in [9.17, 15) is 9.59 Å². The Hall–Kier alpha value is -1.01. The molecule has 0 heterocycles. The summed E-state index contributed by atoms with van der Waals surface area (Å²) in [6.07, 6.45) is -0.447. The fourth-order valence-electron chi connectivity index (χ4n) is 0.599. The molecule has 0 aliphatic rings. The minimum absolute atomic E-state index is 0.279. The van der Waals surface area contributed by atoms with Gasteiger partial charge < -0.3 is 15.3 Å². The van der Waals surface area contributed by atoms with Crippen molar-refractivity contribution in [2.45, 2.75) is 11.4 Å². The van der Waals surface area contributed by atoms with E-state index in [1.54, 1.807) is 0 Å². The van der Waals surface area contributed by atoms with E-state index in [1.165, 1.54) is 6.08 Å². The number of aliphatic hydroxyl groups is 1. The van der Waals surface area contributed by atoms with Crippen LogP contribution in [0.1, 0.15) is 0 Å². The van der Waals surface area contributed by atoms with Crippen molar-refractivity contribution < 1.29 is 24.9 Å². The van der Waals surface area contributed by atoms with Gasteiger partial charge in [0.2, 0.25) is 0 Å². The number of hydrogen-bond donors (Lipinski definition) is 3. The Morgan fingerprint density at radius 1 is 1.38 bits per heavy atom. The zero-order chi connectivity index (χ0) is 10.4. The molecular weight excluding hydrogens is 196 g/mol. The molecule has 0 saturated heterocycles. The molecular formula is C7H10O5S. The van der Waals surface area contributed by atoms with Crippen LogP contribution in [0.15, 0.2) is 12.7 Å². The molecule has 0 spiro atoms. The summed E-state index contributed by atoms with van der Waals surface area (Å²) in [5.41, 5.74) is 0. The number of carbonyl (C=O) groups is 2. The predicted octanol–water partition coefficient (Wildman–Crippen LogP) is -0.196. The van der Waals surface area contributed by atoms with Crippen LogP contribution in [0.4, 0.5) is 0 Å². The molecule has 13 heavy (non-hydrogen) atoms. The first-order chi connectivity index (χ1) is 6.00. The first-order valence-corrected chi connectivity index (χ1v) is 4.41. The summed E-state index contributed by atoms with van der Waals surface area (Å²) >= 11 is 0.818. The SMILES string of the molecule is C=CCSC(C(=O)O)C(O)C(=O)O. The second kappa shape index (κ2) is 5.60. The van der Waals surface area contributed by atoms with Gasteiger partial charge in [-0.2, -0.15) is 0 Å². The number of rotatable bonds is 6. The molecule has 0 aliphatic heterocycles. The van der Waals surface area contributed by atoms with Gasteiger partial charge in [-0.1, -0.05) is 6.08 Å². The van der Waals surface area contributed by atoms with Gasteiger partial charge in [-0.25, -0.2) is 4.79 Å². The normalized spacial score (nSPS) is 14.5. The van der Waals surface area contributed by atoms with Gasteiger partial charge in [-0.3, -0.25) is 4.79 Å². The summed E-state index contributed by atoms with van der Waals surface area (Å²) in [5.74, 6) is -2.60. The minimum Gasteiger partial charge on any atom is -0.480 e. The summed E-state index contributed by atoms with van der Waals surface area (Å²) in [7, 11) is 0. The third-order valence-electron chi connectivity index (χ3n) is 1.18. The molecule has 0 fully saturated rings. The second-order valence-electron chi connectivity index (χ2n) is 2.16. The van der Waals surface area contributed by atoms with Gasteiger partial charge in [0, 0.05) is 5.75 Å². The molecule has 5 nitrogen and oxygen atoms in total. The van der Waals surface area contributed by atoms with Crippen LogP contribution in [-0.4, -0.2) is 44.4 Å². The molecule has 74 valence electrons. The van der Waals surface area contributed by atoms with Gasteiger partial charge in [0.05, 0.1) is 0 Å². The summed E-state index contributed by atoms with van der Waals surface area (Å²) < 4.78 is 0. The van der Waals surface area contributed by atoms with Crippen LogP contribution in [0.2, 0.25) is 0 Å². The van der Waals surface area contributed by atoms with Crippen molar-refractivity contribution in [2.24, 2.45) is 0 Å². The van der Waals surface area contributed by atoms with E-state index in [4.69, 9.17) is 15.3 Å². The van der Waals surface area contributed by atoms with E-state index in [2.05, 4.69) is 6.58 Å². The zero-order valence-electron chi connectivity index (χ0n) is 6.71. The Kier molecular flexibility index (Phi) is 5.17. The number of hydrogen-bond acceptors (Lipinski definition) is 4. The van der Waals surface area contributed by atoms with Gasteiger partial charge in [0.15, 0.2) is 6.10 Å². The van der Waals surface area contributed by atoms with Crippen LogP contribution < -0.4 is 0 Å². The average molecular weight is 206 g/mol. The van der Waals surface area contributed by atoms with Gasteiger partial charge in [-0.15, -0.1) is 18.3 Å². The standard InChI is InChI=1S/C7H10O5S/c1-2-3-13-5(7(11)12)4(8)6(9)10/h2,4-5,8H,1,3H2,(H,9,10)(H,11,12). The Morgan fingerprint density at radius 3 is 2.23 bits per heavy atom. The van der Waals surface area contributed by atoms with Crippen molar-refractivity contribution in [1.29, 1.82) is 0 Å². The molecule has 0 bridgehead atoms. The van der Waals surface area contributed by atoms with Crippen molar-refractivity contribution in [2.75, 3.05) is 5.75 Å². The predicted molar refractivity (Wildman–Crippen MR) is 47.7 cm³/mol. The largest absolute Gasteiger partial charge is 0.480 e. The fraction of sp³-hybridized carbons (Fsp3) is 0.429. The van der Waals surface area contributed by atoms with Crippen LogP contribution in [0, 0.1) is 0 Å².